The molecule has 0 saturated heterocycles. The van der Waals surface area contributed by atoms with Gasteiger partial charge in [-0.1, -0.05) is 6.07 Å². The number of ether oxygens (including phenoxy) is 2. The number of nitro benzene ring substituents is 2. The van der Waals surface area contributed by atoms with Crippen molar-refractivity contribution in [3.63, 3.8) is 0 Å². The van der Waals surface area contributed by atoms with Crippen LogP contribution in [0.3, 0.4) is 0 Å². The van der Waals surface area contributed by atoms with Crippen LogP contribution in [-0.2, 0) is 16.2 Å². The molecule has 12 heteroatoms. The molecule has 1 amide bonds. The zero-order valence-electron chi connectivity index (χ0n) is 17.1. The van der Waals surface area contributed by atoms with Gasteiger partial charge in [-0.15, -0.1) is 0 Å². The zero-order chi connectivity index (χ0) is 23.8. The number of aliphatic carboxylic acids is 1. The van der Waals surface area contributed by atoms with E-state index in [1.807, 2.05) is 0 Å². The summed E-state index contributed by atoms with van der Waals surface area (Å²) in [5, 5.41) is 33.6. The van der Waals surface area contributed by atoms with Crippen LogP contribution in [0.25, 0.3) is 6.08 Å². The first kappa shape index (κ1) is 23.8. The van der Waals surface area contributed by atoms with Crippen molar-refractivity contribution in [3.8, 4) is 11.5 Å². The van der Waals surface area contributed by atoms with E-state index >= 15 is 0 Å². The molecule has 0 aromatic heterocycles. The number of carbonyl (C=O) groups excluding carboxylic acids is 1. The Morgan fingerprint density at radius 3 is 2.34 bits per heavy atom. The molecule has 0 bridgehead atoms. The van der Waals surface area contributed by atoms with Crippen molar-refractivity contribution < 1.29 is 34.0 Å². The molecule has 0 atom stereocenters. The maximum atomic E-state index is 11.3. The maximum Gasteiger partial charge on any atom is 0.352 e. The monoisotopic (exact) mass is 445 g/mol. The Morgan fingerprint density at radius 2 is 1.78 bits per heavy atom. The van der Waals surface area contributed by atoms with Crippen molar-refractivity contribution in [2.75, 3.05) is 6.61 Å². The van der Waals surface area contributed by atoms with E-state index < -0.39 is 33.1 Å². The van der Waals surface area contributed by atoms with Crippen LogP contribution in [0.4, 0.5) is 11.4 Å². The molecule has 0 radical (unpaired) electrons. The first-order valence-corrected chi connectivity index (χ1v) is 9.16. The van der Waals surface area contributed by atoms with Crippen molar-refractivity contribution in [2.45, 2.75) is 20.5 Å². The largest absolute Gasteiger partial charge is 0.490 e. The topological polar surface area (TPSA) is 171 Å². The number of hydrogen-bond donors (Lipinski definition) is 2. The van der Waals surface area contributed by atoms with Gasteiger partial charge in [0.25, 0.3) is 11.4 Å². The van der Waals surface area contributed by atoms with E-state index in [0.717, 1.165) is 12.1 Å². The first-order chi connectivity index (χ1) is 15.1. The molecular weight excluding hydrogens is 426 g/mol. The molecule has 12 nitrogen and oxygen atoms in total. The van der Waals surface area contributed by atoms with Crippen LogP contribution in [0.15, 0.2) is 42.1 Å². The Hall–Kier alpha value is -4.48. The molecule has 2 aromatic rings. The van der Waals surface area contributed by atoms with E-state index in [-0.39, 0.29) is 36.0 Å². The third-order valence-corrected chi connectivity index (χ3v) is 3.98. The van der Waals surface area contributed by atoms with E-state index in [1.165, 1.54) is 37.3 Å². The fourth-order valence-electron chi connectivity index (χ4n) is 2.62. The van der Waals surface area contributed by atoms with E-state index in [4.69, 9.17) is 9.47 Å². The molecule has 2 aromatic carbocycles. The normalized spacial score (nSPS) is 10.9. The van der Waals surface area contributed by atoms with Gasteiger partial charge in [-0.05, 0) is 36.8 Å². The van der Waals surface area contributed by atoms with Crippen molar-refractivity contribution in [3.05, 3.63) is 73.5 Å². The van der Waals surface area contributed by atoms with Gasteiger partial charge < -0.3 is 19.9 Å². The van der Waals surface area contributed by atoms with Crippen LogP contribution in [0.2, 0.25) is 0 Å². The summed E-state index contributed by atoms with van der Waals surface area (Å²) < 4.78 is 11.1. The second-order valence-electron chi connectivity index (χ2n) is 6.30. The predicted molar refractivity (Wildman–Crippen MR) is 111 cm³/mol. The standard InChI is InChI=1S/C20H19N3O9/c1-3-31-19-9-13(8-16(20(25)26)21-12(2)24)4-7-18(19)32-11-14-5-6-15(22(27)28)10-17(14)23(29)30/h4-10H,3,11H2,1-2H3,(H,21,24)(H,25,26)/b16-8+. The fraction of sp³-hybridized carbons (Fsp3) is 0.200. The second-order valence-corrected chi connectivity index (χ2v) is 6.30. The summed E-state index contributed by atoms with van der Waals surface area (Å²) in [5.41, 5.74) is -0.702. The lowest BCUT2D eigenvalue weighted by Gasteiger charge is -2.13. The number of hydrogen-bond acceptors (Lipinski definition) is 8. The summed E-state index contributed by atoms with van der Waals surface area (Å²) in [6, 6.07) is 7.69. The Morgan fingerprint density at radius 1 is 1.06 bits per heavy atom. The third-order valence-electron chi connectivity index (χ3n) is 3.98. The van der Waals surface area contributed by atoms with Gasteiger partial charge in [0.2, 0.25) is 5.91 Å². The SMILES string of the molecule is CCOc1cc(/C=C(/NC(C)=O)C(=O)O)ccc1OCc1ccc([N+](=O)[O-])cc1[N+](=O)[O-]. The van der Waals surface area contributed by atoms with Gasteiger partial charge >= 0.3 is 5.97 Å². The number of nitrogens with zero attached hydrogens (tertiary/aromatic N) is 2. The number of carboxylic acids is 1. The smallest absolute Gasteiger partial charge is 0.352 e. The molecule has 168 valence electrons. The molecule has 0 fully saturated rings. The van der Waals surface area contributed by atoms with Crippen molar-refractivity contribution >= 4 is 29.3 Å². The minimum Gasteiger partial charge on any atom is -0.490 e. The number of non-ortho nitro benzene ring substituents is 1. The van der Waals surface area contributed by atoms with Gasteiger partial charge in [0.05, 0.1) is 28.1 Å². The minimum atomic E-state index is -1.33. The molecule has 0 spiro atoms. The molecule has 0 heterocycles. The molecule has 0 aliphatic carbocycles. The number of amides is 1. The zero-order valence-corrected chi connectivity index (χ0v) is 17.1. The van der Waals surface area contributed by atoms with E-state index in [0.29, 0.717) is 5.56 Å². The molecule has 32 heavy (non-hydrogen) atoms. The molecule has 0 saturated carbocycles. The van der Waals surface area contributed by atoms with Gasteiger partial charge in [-0.2, -0.15) is 0 Å². The molecule has 0 unspecified atom stereocenters. The molecule has 0 aliphatic rings. The van der Waals surface area contributed by atoms with Crippen molar-refractivity contribution in [1.29, 1.82) is 0 Å². The van der Waals surface area contributed by atoms with Crippen LogP contribution in [0, 0.1) is 20.2 Å². The highest BCUT2D eigenvalue weighted by molar-refractivity contribution is 5.96. The third kappa shape index (κ3) is 6.26. The lowest BCUT2D eigenvalue weighted by molar-refractivity contribution is -0.394. The summed E-state index contributed by atoms with van der Waals surface area (Å²) in [7, 11) is 0. The lowest BCUT2D eigenvalue weighted by Crippen LogP contribution is -2.24. The van der Waals surface area contributed by atoms with Gasteiger partial charge in [-0.3, -0.25) is 25.0 Å². The van der Waals surface area contributed by atoms with Gasteiger partial charge in [0.15, 0.2) is 11.5 Å². The molecule has 2 N–H and O–H groups in total. The number of benzene rings is 2. The summed E-state index contributed by atoms with van der Waals surface area (Å²) >= 11 is 0. The van der Waals surface area contributed by atoms with Crippen molar-refractivity contribution in [1.82, 2.24) is 5.32 Å². The van der Waals surface area contributed by atoms with Gasteiger partial charge in [-0.25, -0.2) is 4.79 Å². The Balaban J connectivity index is 2.33. The average molecular weight is 445 g/mol. The highest BCUT2D eigenvalue weighted by Gasteiger charge is 2.20. The highest BCUT2D eigenvalue weighted by Crippen LogP contribution is 2.32. The second kappa shape index (κ2) is 10.5. The molecular formula is C20H19N3O9. The predicted octanol–water partition coefficient (Wildman–Crippen LogP) is 3.04. The van der Waals surface area contributed by atoms with Gasteiger partial charge in [0, 0.05) is 13.0 Å². The first-order valence-electron chi connectivity index (χ1n) is 9.16. The average Bonchev–Trinajstić information content (AvgIpc) is 2.72. The molecule has 2 rings (SSSR count). The lowest BCUT2D eigenvalue weighted by atomic mass is 10.1. The maximum absolute atomic E-state index is 11.3. The Kier molecular flexibility index (Phi) is 7.82. The Bertz CT molecular complexity index is 1100. The summed E-state index contributed by atoms with van der Waals surface area (Å²) in [5.74, 6) is -1.43. The van der Waals surface area contributed by atoms with Crippen LogP contribution in [0.1, 0.15) is 25.0 Å². The van der Waals surface area contributed by atoms with Gasteiger partial charge in [0.1, 0.15) is 12.3 Å². The van der Waals surface area contributed by atoms with E-state index in [9.17, 15) is 34.9 Å². The highest BCUT2D eigenvalue weighted by atomic mass is 16.6. The van der Waals surface area contributed by atoms with E-state index in [2.05, 4.69) is 5.32 Å². The van der Waals surface area contributed by atoms with Crippen LogP contribution >= 0.6 is 0 Å². The Labute approximate surface area is 181 Å². The number of carbonyl (C=O) groups is 2. The quantitative estimate of drug-likeness (QED) is 0.317. The summed E-state index contributed by atoms with van der Waals surface area (Å²) in [4.78, 5) is 43.1. The number of nitrogens with one attached hydrogen (secondary N) is 1. The van der Waals surface area contributed by atoms with Crippen LogP contribution < -0.4 is 14.8 Å². The van der Waals surface area contributed by atoms with Crippen molar-refractivity contribution in [2.24, 2.45) is 0 Å². The number of carboxylic acid groups (broad SMARTS) is 1. The summed E-state index contributed by atoms with van der Waals surface area (Å²) in [6.07, 6.45) is 1.23. The van der Waals surface area contributed by atoms with E-state index in [1.54, 1.807) is 6.92 Å². The number of nitro groups is 2. The van der Waals surface area contributed by atoms with Crippen LogP contribution in [-0.4, -0.2) is 33.4 Å². The number of rotatable bonds is 10. The van der Waals surface area contributed by atoms with Crippen LogP contribution in [0.5, 0.6) is 11.5 Å². The summed E-state index contributed by atoms with van der Waals surface area (Å²) in [6.45, 7) is 2.87. The fourth-order valence-corrected chi connectivity index (χ4v) is 2.62. The molecule has 0 aliphatic heterocycles. The minimum absolute atomic E-state index is 0.117.